The summed E-state index contributed by atoms with van der Waals surface area (Å²) >= 11 is 1.17. The third-order valence-corrected chi connectivity index (χ3v) is 10.2. The number of halogens is 4. The fourth-order valence-corrected chi connectivity index (χ4v) is 7.13. The molecule has 0 aliphatic carbocycles. The van der Waals surface area contributed by atoms with Gasteiger partial charge in [0.15, 0.2) is 0 Å². The Hall–Kier alpha value is -5.56. The van der Waals surface area contributed by atoms with Gasteiger partial charge < -0.3 is 34.7 Å². The highest BCUT2D eigenvalue weighted by Gasteiger charge is 2.44. The molecule has 2 aliphatic heterocycles. The number of nitrogens with zero attached hydrogens (tertiary/aromatic N) is 5. The summed E-state index contributed by atoms with van der Waals surface area (Å²) in [5.74, 6) is -3.16. The molecule has 1 fully saturated rings. The highest BCUT2D eigenvalue weighted by Crippen LogP contribution is 2.37. The molecule has 18 nitrogen and oxygen atoms in total. The zero-order valence-corrected chi connectivity index (χ0v) is 35.7. The maximum absolute atomic E-state index is 15.0. The molecule has 1 unspecified atom stereocenters. The van der Waals surface area contributed by atoms with Crippen LogP contribution in [0.4, 0.5) is 34.9 Å². The largest absolute Gasteiger partial charge is 0.419 e. The van der Waals surface area contributed by atoms with Gasteiger partial charge >= 0.3 is 6.18 Å². The van der Waals surface area contributed by atoms with Crippen LogP contribution < -0.4 is 20.7 Å². The highest BCUT2D eigenvalue weighted by atomic mass is 32.2. The number of nitrogens with one attached hydrogen (secondary N) is 4. The Labute approximate surface area is 368 Å². The maximum Gasteiger partial charge on any atom is 0.419 e. The van der Waals surface area contributed by atoms with E-state index in [2.05, 4.69) is 35.7 Å². The Morgan fingerprint density at radius 3 is 2.20 bits per heavy atom. The van der Waals surface area contributed by atoms with E-state index in [-0.39, 0.29) is 47.7 Å². The Kier molecular flexibility index (Phi) is 16.4. The average Bonchev–Trinajstić information content (AvgIpc) is 3.79. The number of imide groups is 2. The van der Waals surface area contributed by atoms with Crippen LogP contribution >= 0.6 is 11.9 Å². The quantitative estimate of drug-likeness (QED) is 0.0288. The summed E-state index contributed by atoms with van der Waals surface area (Å²) < 4.78 is 82.9. The molecule has 5 N–H and O–H groups in total. The molecule has 4 amide bonds. The number of piperidine rings is 1. The van der Waals surface area contributed by atoms with Gasteiger partial charge in [-0.1, -0.05) is 0 Å². The number of fused-ring (bicyclic) bond motifs is 1. The molecular formula is C41H47F4N9O9S. The lowest BCUT2D eigenvalue weighted by molar-refractivity contribution is -0.138. The van der Waals surface area contributed by atoms with Gasteiger partial charge in [-0.05, 0) is 68.6 Å². The number of amides is 4. The Balaban J connectivity index is 0.783. The molecule has 2 aromatic heterocycles. The molecule has 1 atom stereocenters. The number of rotatable bonds is 24. The first-order valence-electron chi connectivity index (χ1n) is 20.1. The van der Waals surface area contributed by atoms with Crippen molar-refractivity contribution in [2.75, 3.05) is 76.6 Å². The van der Waals surface area contributed by atoms with E-state index in [4.69, 9.17) is 18.9 Å². The van der Waals surface area contributed by atoms with Crippen LogP contribution in [0.15, 0.2) is 59.9 Å². The summed E-state index contributed by atoms with van der Waals surface area (Å²) in [5, 5.41) is 22.0. The van der Waals surface area contributed by atoms with Crippen LogP contribution in [0.5, 0.6) is 0 Å². The van der Waals surface area contributed by atoms with E-state index in [1.807, 2.05) is 0 Å². The third-order valence-electron chi connectivity index (χ3n) is 9.41. The highest BCUT2D eigenvalue weighted by molar-refractivity contribution is 7.97. The predicted octanol–water partition coefficient (Wildman–Crippen LogP) is 4.19. The number of benzene rings is 2. The topological polar surface area (TPSA) is 220 Å². The van der Waals surface area contributed by atoms with Gasteiger partial charge in [-0.3, -0.25) is 38.8 Å². The van der Waals surface area contributed by atoms with Crippen LogP contribution in [0.1, 0.15) is 53.0 Å². The maximum atomic E-state index is 15.0. The van der Waals surface area contributed by atoms with E-state index in [1.54, 1.807) is 18.2 Å². The number of aromatic nitrogens is 4. The molecule has 0 saturated carbocycles. The van der Waals surface area contributed by atoms with E-state index in [0.29, 0.717) is 82.7 Å². The average molecular weight is 918 g/mol. The number of ether oxygens (including phenoxy) is 4. The smallest absolute Gasteiger partial charge is 0.389 e. The van der Waals surface area contributed by atoms with Crippen molar-refractivity contribution in [3.8, 4) is 11.3 Å². The van der Waals surface area contributed by atoms with Crippen LogP contribution in [0, 0.1) is 5.82 Å². The Bertz CT molecular complexity index is 2290. The standard InChI is InChI=1S/C41H47F4N9O9S/c1-40(2,59)24-53-23-25(21-48-53)35-30(41(43,44)45)22-47-39(52-35)50-32-6-4-27(20-31(32)42)64-49-10-12-61-14-16-63-18-17-62-15-13-60-11-9-46-26-3-5-28-29(19-26)38(58)54(37(28)57)33-7-8-34(55)51-36(33)56/h3-6,19-23,33,46,49,59H,7-18,24H2,1-2H3,(H,47,50,52)(H,51,55,56). The van der Waals surface area contributed by atoms with E-state index in [1.165, 1.54) is 61.1 Å². The number of alkyl halides is 3. The number of aliphatic hydroxyl groups is 1. The summed E-state index contributed by atoms with van der Waals surface area (Å²) in [7, 11) is 0. The molecule has 64 heavy (non-hydrogen) atoms. The minimum absolute atomic E-state index is 0.0380. The van der Waals surface area contributed by atoms with Crippen molar-refractivity contribution in [1.82, 2.24) is 34.7 Å². The number of carbonyl (C=O) groups is 4. The fraction of sp³-hybridized carbons (Fsp3) is 0.439. The summed E-state index contributed by atoms with van der Waals surface area (Å²) in [6, 6.07) is 8.03. The lowest BCUT2D eigenvalue weighted by Gasteiger charge is -2.27. The summed E-state index contributed by atoms with van der Waals surface area (Å²) in [4.78, 5) is 58.8. The molecule has 0 bridgehead atoms. The Morgan fingerprint density at radius 2 is 1.55 bits per heavy atom. The van der Waals surface area contributed by atoms with Gasteiger partial charge in [-0.25, -0.2) is 14.4 Å². The summed E-state index contributed by atoms with van der Waals surface area (Å²) in [5.41, 5.74) is -1.69. The second-order valence-corrected chi connectivity index (χ2v) is 16.0. The van der Waals surface area contributed by atoms with Gasteiger partial charge in [0.25, 0.3) is 11.8 Å². The minimum Gasteiger partial charge on any atom is -0.389 e. The molecule has 0 radical (unpaired) electrons. The van der Waals surface area contributed by atoms with Crippen molar-refractivity contribution in [2.45, 2.75) is 55.9 Å². The van der Waals surface area contributed by atoms with Crippen LogP contribution in [-0.2, 0) is 41.3 Å². The molecule has 4 aromatic rings. The Morgan fingerprint density at radius 1 is 0.875 bits per heavy atom. The molecular weight excluding hydrogens is 871 g/mol. The van der Waals surface area contributed by atoms with Crippen molar-refractivity contribution >= 4 is 52.9 Å². The van der Waals surface area contributed by atoms with Crippen molar-refractivity contribution in [1.29, 1.82) is 0 Å². The fourth-order valence-electron chi connectivity index (χ4n) is 6.48. The first-order valence-corrected chi connectivity index (χ1v) is 21.0. The SMILES string of the molecule is CC(C)(O)Cn1cc(-c2nc(Nc3ccc(SNCCOCCOCCOCCOCCNc4ccc5c(c4)C(=O)N(C4CCC(=O)NC4=O)C5=O)cc3F)ncc2C(F)(F)F)cn1. The lowest BCUT2D eigenvalue weighted by Crippen LogP contribution is -2.54. The summed E-state index contributed by atoms with van der Waals surface area (Å²) in [6.45, 7) is 6.82. The molecule has 4 heterocycles. The molecule has 2 aromatic carbocycles. The summed E-state index contributed by atoms with van der Waals surface area (Å²) in [6.07, 6.45) is -1.47. The van der Waals surface area contributed by atoms with E-state index >= 15 is 4.39 Å². The second-order valence-electron chi connectivity index (χ2n) is 15.0. The van der Waals surface area contributed by atoms with Gasteiger partial charge in [-0.15, -0.1) is 0 Å². The molecule has 0 spiro atoms. The lowest BCUT2D eigenvalue weighted by atomic mass is 10.0. The van der Waals surface area contributed by atoms with Crippen LogP contribution in [0.25, 0.3) is 11.3 Å². The number of carbonyl (C=O) groups excluding carboxylic acids is 4. The first kappa shape index (κ1) is 47.9. The van der Waals surface area contributed by atoms with Gasteiger partial charge in [0, 0.05) is 48.1 Å². The third kappa shape index (κ3) is 13.2. The normalized spacial score (nSPS) is 15.5. The number of hydrogen-bond donors (Lipinski definition) is 5. The first-order chi connectivity index (χ1) is 30.6. The van der Waals surface area contributed by atoms with Gasteiger partial charge in [0.2, 0.25) is 17.8 Å². The predicted molar refractivity (Wildman–Crippen MR) is 223 cm³/mol. The van der Waals surface area contributed by atoms with Crippen molar-refractivity contribution in [3.63, 3.8) is 0 Å². The molecule has 6 rings (SSSR count). The van der Waals surface area contributed by atoms with E-state index in [0.717, 1.165) is 4.90 Å². The van der Waals surface area contributed by atoms with Crippen LogP contribution in [0.2, 0.25) is 0 Å². The van der Waals surface area contributed by atoms with E-state index in [9.17, 15) is 37.5 Å². The molecule has 23 heteroatoms. The number of hydrogen-bond acceptors (Lipinski definition) is 16. The monoisotopic (exact) mass is 917 g/mol. The van der Waals surface area contributed by atoms with Gasteiger partial charge in [0.05, 0.1) is 93.7 Å². The van der Waals surface area contributed by atoms with E-state index < -0.39 is 58.5 Å². The molecule has 2 aliphatic rings. The van der Waals surface area contributed by atoms with Crippen molar-refractivity contribution < 1.29 is 60.8 Å². The molecule has 1 saturated heterocycles. The minimum atomic E-state index is -4.76. The zero-order valence-electron chi connectivity index (χ0n) is 34.8. The second kappa shape index (κ2) is 21.9. The van der Waals surface area contributed by atoms with Crippen LogP contribution in [-0.4, -0.2) is 131 Å². The number of anilines is 3. The van der Waals surface area contributed by atoms with Gasteiger partial charge in [-0.2, -0.15) is 18.3 Å². The van der Waals surface area contributed by atoms with Crippen molar-refractivity contribution in [3.05, 3.63) is 77.5 Å². The molecule has 344 valence electrons. The van der Waals surface area contributed by atoms with Gasteiger partial charge in [0.1, 0.15) is 17.4 Å². The van der Waals surface area contributed by atoms with Crippen molar-refractivity contribution in [2.24, 2.45) is 0 Å². The zero-order chi connectivity index (χ0) is 45.9. The van der Waals surface area contributed by atoms with Crippen LogP contribution in [0.3, 0.4) is 0 Å².